The number of ketones is 1. The maximum atomic E-state index is 12.4. The number of carbonyl (C=O) groups excluding carboxylic acids is 1. The van der Waals surface area contributed by atoms with Crippen molar-refractivity contribution in [2.75, 3.05) is 7.11 Å². The smallest absolute Gasteiger partial charge is 0.307 e. The predicted molar refractivity (Wildman–Crippen MR) is 81.7 cm³/mol. The van der Waals surface area contributed by atoms with Crippen LogP contribution >= 0.6 is 0 Å². The molecule has 1 aliphatic rings. The van der Waals surface area contributed by atoms with Crippen molar-refractivity contribution < 1.29 is 24.2 Å². The van der Waals surface area contributed by atoms with Gasteiger partial charge in [-0.2, -0.15) is 0 Å². The van der Waals surface area contributed by atoms with Crippen LogP contribution < -0.4 is 9.47 Å². The molecular weight excluding hydrogens is 284 g/mol. The lowest BCUT2D eigenvalue weighted by Gasteiger charge is -2.25. The largest absolute Gasteiger partial charge is 0.497 e. The minimum atomic E-state index is -0.992. The minimum absolute atomic E-state index is 0.0914. The van der Waals surface area contributed by atoms with Crippen LogP contribution in [0.2, 0.25) is 0 Å². The first kappa shape index (κ1) is 16.1. The van der Waals surface area contributed by atoms with Gasteiger partial charge in [0.05, 0.1) is 25.5 Å². The molecule has 22 heavy (non-hydrogen) atoms. The van der Waals surface area contributed by atoms with Gasteiger partial charge in [0.25, 0.3) is 0 Å². The third kappa shape index (κ3) is 3.67. The summed E-state index contributed by atoms with van der Waals surface area (Å²) in [4.78, 5) is 23.4. The molecule has 0 fully saturated rings. The number of hydrogen-bond acceptors (Lipinski definition) is 4. The first-order valence-electron chi connectivity index (χ1n) is 7.34. The van der Waals surface area contributed by atoms with Gasteiger partial charge >= 0.3 is 5.97 Å². The number of carbonyl (C=O) groups is 2. The number of rotatable bonds is 6. The van der Waals surface area contributed by atoms with E-state index in [1.54, 1.807) is 12.1 Å². The maximum Gasteiger partial charge on any atom is 0.307 e. The molecule has 0 spiro atoms. The van der Waals surface area contributed by atoms with Crippen molar-refractivity contribution in [2.45, 2.75) is 38.7 Å². The standard InChI is InChI=1S/C17H20O5/c1-3-4-5-6-12-9-14(18)17-11(8-16(19)20)7-13(21-2)10-15(17)22-12/h5-7,10,12H,3-4,8-9H2,1-2H3,(H,19,20)/t12-/m1/s1. The highest BCUT2D eigenvalue weighted by molar-refractivity contribution is 6.02. The summed E-state index contributed by atoms with van der Waals surface area (Å²) in [6, 6.07) is 3.22. The van der Waals surface area contributed by atoms with Crippen LogP contribution in [0.1, 0.15) is 42.1 Å². The molecule has 1 heterocycles. The number of hydrogen-bond donors (Lipinski definition) is 1. The number of benzene rings is 1. The molecule has 0 saturated carbocycles. The van der Waals surface area contributed by atoms with Crippen LogP contribution in [0.5, 0.6) is 11.5 Å². The molecule has 5 nitrogen and oxygen atoms in total. The molecule has 1 atom stereocenters. The first-order valence-corrected chi connectivity index (χ1v) is 7.34. The Morgan fingerprint density at radius 2 is 2.27 bits per heavy atom. The van der Waals surface area contributed by atoms with E-state index < -0.39 is 5.97 Å². The number of carboxylic acid groups (broad SMARTS) is 1. The fourth-order valence-electron chi connectivity index (χ4n) is 2.49. The molecular formula is C17H20O5. The lowest BCUT2D eigenvalue weighted by molar-refractivity contribution is -0.136. The molecule has 0 unspecified atom stereocenters. The number of aliphatic carboxylic acids is 1. The molecule has 0 radical (unpaired) electrons. The Labute approximate surface area is 129 Å². The number of fused-ring (bicyclic) bond motifs is 1. The number of unbranched alkanes of at least 4 members (excludes halogenated alkanes) is 1. The zero-order valence-corrected chi connectivity index (χ0v) is 12.8. The summed E-state index contributed by atoms with van der Waals surface area (Å²) in [5.74, 6) is -0.196. The zero-order valence-electron chi connectivity index (χ0n) is 12.8. The molecule has 1 aliphatic heterocycles. The van der Waals surface area contributed by atoms with E-state index in [4.69, 9.17) is 14.6 Å². The van der Waals surface area contributed by atoms with Gasteiger partial charge in [0.1, 0.15) is 17.6 Å². The molecule has 5 heteroatoms. The van der Waals surface area contributed by atoms with Crippen molar-refractivity contribution in [3.8, 4) is 11.5 Å². The maximum absolute atomic E-state index is 12.4. The predicted octanol–water partition coefficient (Wildman–Crippen LogP) is 3.01. The second-order valence-corrected chi connectivity index (χ2v) is 5.23. The van der Waals surface area contributed by atoms with E-state index in [0.29, 0.717) is 22.6 Å². The van der Waals surface area contributed by atoms with Crippen LogP contribution in [0.25, 0.3) is 0 Å². The molecule has 1 N–H and O–H groups in total. The van der Waals surface area contributed by atoms with Gasteiger partial charge in [-0.15, -0.1) is 0 Å². The van der Waals surface area contributed by atoms with Gasteiger partial charge in [0, 0.05) is 6.07 Å². The van der Waals surface area contributed by atoms with E-state index in [9.17, 15) is 9.59 Å². The van der Waals surface area contributed by atoms with Crippen LogP contribution in [0.15, 0.2) is 24.3 Å². The second kappa shape index (κ2) is 7.11. The molecule has 118 valence electrons. The lowest BCUT2D eigenvalue weighted by atomic mass is 9.93. The highest BCUT2D eigenvalue weighted by Gasteiger charge is 2.29. The average molecular weight is 304 g/mol. The van der Waals surface area contributed by atoms with E-state index >= 15 is 0 Å². The van der Waals surface area contributed by atoms with E-state index in [0.717, 1.165) is 12.8 Å². The van der Waals surface area contributed by atoms with Crippen LogP contribution in [0.4, 0.5) is 0 Å². The number of methoxy groups -OCH3 is 1. The SMILES string of the molecule is CCCC=C[C@@H]1CC(=O)c2c(CC(=O)O)cc(OC)cc2O1. The lowest BCUT2D eigenvalue weighted by Crippen LogP contribution is -2.26. The minimum Gasteiger partial charge on any atom is -0.497 e. The second-order valence-electron chi connectivity index (χ2n) is 5.23. The summed E-state index contributed by atoms with van der Waals surface area (Å²) in [6.07, 6.45) is 5.54. The van der Waals surface area contributed by atoms with Crippen LogP contribution in [0.3, 0.4) is 0 Å². The fourth-order valence-corrected chi connectivity index (χ4v) is 2.49. The quantitative estimate of drug-likeness (QED) is 0.818. The zero-order chi connectivity index (χ0) is 16.1. The van der Waals surface area contributed by atoms with Gasteiger partial charge in [-0.05, 0) is 24.1 Å². The van der Waals surface area contributed by atoms with E-state index in [-0.39, 0.29) is 24.7 Å². The Bertz CT molecular complexity index is 603. The molecule has 0 aromatic heterocycles. The summed E-state index contributed by atoms with van der Waals surface area (Å²) < 4.78 is 11.0. The Kier molecular flexibility index (Phi) is 5.20. The summed E-state index contributed by atoms with van der Waals surface area (Å²) in [7, 11) is 1.50. The van der Waals surface area contributed by atoms with Crippen LogP contribution in [0, 0.1) is 0 Å². The van der Waals surface area contributed by atoms with Gasteiger partial charge in [-0.3, -0.25) is 9.59 Å². The number of Topliss-reactive ketones (excluding diaryl/α,β-unsaturated/α-hetero) is 1. The summed E-state index contributed by atoms with van der Waals surface area (Å²) in [5, 5.41) is 9.01. The van der Waals surface area contributed by atoms with Gasteiger partial charge < -0.3 is 14.6 Å². The van der Waals surface area contributed by atoms with Crippen molar-refractivity contribution >= 4 is 11.8 Å². The molecule has 0 amide bonds. The average Bonchev–Trinajstić information content (AvgIpc) is 2.46. The highest BCUT2D eigenvalue weighted by atomic mass is 16.5. The fraction of sp³-hybridized carbons (Fsp3) is 0.412. The summed E-state index contributed by atoms with van der Waals surface area (Å²) in [5.41, 5.74) is 0.797. The van der Waals surface area contributed by atoms with Crippen molar-refractivity contribution in [1.82, 2.24) is 0 Å². The Balaban J connectivity index is 2.35. The normalized spacial score (nSPS) is 17.2. The Morgan fingerprint density at radius 1 is 1.50 bits per heavy atom. The van der Waals surface area contributed by atoms with E-state index in [1.165, 1.54) is 7.11 Å². The van der Waals surface area contributed by atoms with E-state index in [1.807, 2.05) is 12.2 Å². The number of carboxylic acids is 1. The van der Waals surface area contributed by atoms with Gasteiger partial charge in [-0.1, -0.05) is 19.4 Å². The topological polar surface area (TPSA) is 72.8 Å². The van der Waals surface area contributed by atoms with Crippen LogP contribution in [-0.4, -0.2) is 30.1 Å². The van der Waals surface area contributed by atoms with Gasteiger partial charge in [0.15, 0.2) is 5.78 Å². The van der Waals surface area contributed by atoms with Crippen molar-refractivity contribution in [1.29, 1.82) is 0 Å². The third-order valence-electron chi connectivity index (χ3n) is 3.48. The van der Waals surface area contributed by atoms with Crippen molar-refractivity contribution in [3.05, 3.63) is 35.4 Å². The molecule has 0 bridgehead atoms. The molecule has 0 saturated heterocycles. The van der Waals surface area contributed by atoms with Crippen molar-refractivity contribution in [2.24, 2.45) is 0 Å². The van der Waals surface area contributed by atoms with Gasteiger partial charge in [0.2, 0.25) is 0 Å². The monoisotopic (exact) mass is 304 g/mol. The summed E-state index contributed by atoms with van der Waals surface area (Å²) in [6.45, 7) is 2.08. The van der Waals surface area contributed by atoms with E-state index in [2.05, 4.69) is 6.92 Å². The molecule has 1 aromatic carbocycles. The van der Waals surface area contributed by atoms with Crippen molar-refractivity contribution in [3.63, 3.8) is 0 Å². The summed E-state index contributed by atoms with van der Waals surface area (Å²) >= 11 is 0. The molecule has 2 rings (SSSR count). The molecule has 1 aromatic rings. The third-order valence-corrected chi connectivity index (χ3v) is 3.48. The van der Waals surface area contributed by atoms with Crippen LogP contribution in [-0.2, 0) is 11.2 Å². The molecule has 0 aliphatic carbocycles. The number of allylic oxidation sites excluding steroid dienone is 1. The number of ether oxygens (including phenoxy) is 2. The Morgan fingerprint density at radius 3 is 2.91 bits per heavy atom. The highest BCUT2D eigenvalue weighted by Crippen LogP contribution is 2.35. The van der Waals surface area contributed by atoms with Gasteiger partial charge in [-0.25, -0.2) is 0 Å². The first-order chi connectivity index (χ1) is 10.5. The Hall–Kier alpha value is -2.30.